The summed E-state index contributed by atoms with van der Waals surface area (Å²) in [7, 11) is 1.97. The van der Waals surface area contributed by atoms with E-state index in [0.717, 1.165) is 24.3 Å². The van der Waals surface area contributed by atoms with Crippen LogP contribution in [0.5, 0.6) is 0 Å². The molecule has 1 aromatic rings. The fourth-order valence-corrected chi connectivity index (χ4v) is 3.59. The van der Waals surface area contributed by atoms with Crippen LogP contribution in [-0.2, 0) is 13.6 Å². The van der Waals surface area contributed by atoms with Crippen molar-refractivity contribution < 1.29 is 0 Å². The number of hydrogen-bond donors (Lipinski definition) is 1. The van der Waals surface area contributed by atoms with Crippen molar-refractivity contribution in [1.82, 2.24) is 15.1 Å². The Bertz CT molecular complexity index is 358. The van der Waals surface area contributed by atoms with Crippen LogP contribution in [0.2, 0.25) is 0 Å². The van der Waals surface area contributed by atoms with Gasteiger partial charge < -0.3 is 5.32 Å². The Hall–Kier alpha value is -0.830. The fourth-order valence-electron chi connectivity index (χ4n) is 3.59. The van der Waals surface area contributed by atoms with Crippen LogP contribution in [0.4, 0.5) is 0 Å². The molecule has 0 saturated heterocycles. The summed E-state index contributed by atoms with van der Waals surface area (Å²) in [5.74, 6) is 3.05. The zero-order valence-electron chi connectivity index (χ0n) is 10.0. The van der Waals surface area contributed by atoms with Gasteiger partial charge in [-0.15, -0.1) is 0 Å². The lowest BCUT2D eigenvalue weighted by atomic mass is 9.89. The first kappa shape index (κ1) is 10.3. The topological polar surface area (TPSA) is 29.9 Å². The number of fused-ring (bicyclic) bond motifs is 2. The number of rotatable bonds is 4. The summed E-state index contributed by atoms with van der Waals surface area (Å²) < 4.78 is 1.87. The van der Waals surface area contributed by atoms with Crippen LogP contribution in [0.25, 0.3) is 0 Å². The van der Waals surface area contributed by atoms with Gasteiger partial charge in [0.05, 0.1) is 6.20 Å². The maximum Gasteiger partial charge on any atom is 0.0534 e. The molecule has 3 heteroatoms. The lowest BCUT2D eigenvalue weighted by Gasteiger charge is -2.21. The van der Waals surface area contributed by atoms with Crippen LogP contribution >= 0.6 is 0 Å². The van der Waals surface area contributed by atoms with Crippen molar-refractivity contribution in [1.29, 1.82) is 0 Å². The van der Waals surface area contributed by atoms with E-state index in [4.69, 9.17) is 0 Å². The molecule has 0 amide bonds. The van der Waals surface area contributed by atoms with E-state index in [2.05, 4.69) is 16.6 Å². The second kappa shape index (κ2) is 4.21. The maximum atomic E-state index is 4.18. The van der Waals surface area contributed by atoms with E-state index in [1.165, 1.54) is 37.8 Å². The Morgan fingerprint density at radius 1 is 1.44 bits per heavy atom. The van der Waals surface area contributed by atoms with Gasteiger partial charge in [0.1, 0.15) is 0 Å². The molecule has 88 valence electrons. The number of nitrogens with one attached hydrogen (secondary N) is 1. The Labute approximate surface area is 97.2 Å². The number of aryl methyl sites for hydroxylation is 1. The molecular formula is C13H21N3. The lowest BCUT2D eigenvalue weighted by Crippen LogP contribution is -2.26. The van der Waals surface area contributed by atoms with E-state index in [1.807, 2.05) is 17.9 Å². The molecule has 2 bridgehead atoms. The lowest BCUT2D eigenvalue weighted by molar-refractivity contribution is 0.318. The standard InChI is InChI=1S/C13H21N3/c1-16-9-11(7-15-16)6-14-8-13-5-10-2-3-12(13)4-10/h7,9-10,12-14H,2-6,8H2,1H3. The maximum absolute atomic E-state index is 4.18. The monoisotopic (exact) mass is 219 g/mol. The van der Waals surface area contributed by atoms with Gasteiger partial charge in [0.15, 0.2) is 0 Å². The molecule has 0 radical (unpaired) electrons. The van der Waals surface area contributed by atoms with Crippen molar-refractivity contribution in [2.75, 3.05) is 6.54 Å². The van der Waals surface area contributed by atoms with E-state index in [1.54, 1.807) is 0 Å². The molecule has 16 heavy (non-hydrogen) atoms. The molecule has 2 saturated carbocycles. The Balaban J connectivity index is 1.44. The van der Waals surface area contributed by atoms with Crippen molar-refractivity contribution >= 4 is 0 Å². The summed E-state index contributed by atoms with van der Waals surface area (Å²) in [5.41, 5.74) is 1.30. The third-order valence-electron chi connectivity index (χ3n) is 4.38. The number of hydrogen-bond acceptors (Lipinski definition) is 2. The molecule has 3 nitrogen and oxygen atoms in total. The highest BCUT2D eigenvalue weighted by Gasteiger charge is 2.38. The smallest absolute Gasteiger partial charge is 0.0534 e. The van der Waals surface area contributed by atoms with Crippen molar-refractivity contribution in [3.63, 3.8) is 0 Å². The molecule has 1 aromatic heterocycles. The fraction of sp³-hybridized carbons (Fsp3) is 0.769. The van der Waals surface area contributed by atoms with Crippen molar-refractivity contribution in [2.24, 2.45) is 24.8 Å². The van der Waals surface area contributed by atoms with Gasteiger partial charge in [0, 0.05) is 25.4 Å². The Morgan fingerprint density at radius 2 is 2.38 bits per heavy atom. The minimum atomic E-state index is 0.954. The highest BCUT2D eigenvalue weighted by molar-refractivity contribution is 5.03. The molecule has 3 rings (SSSR count). The largest absolute Gasteiger partial charge is 0.312 e. The van der Waals surface area contributed by atoms with E-state index in [-0.39, 0.29) is 0 Å². The molecule has 2 fully saturated rings. The molecule has 2 aliphatic carbocycles. The average Bonchev–Trinajstić information content (AvgIpc) is 2.94. The number of aromatic nitrogens is 2. The quantitative estimate of drug-likeness (QED) is 0.838. The van der Waals surface area contributed by atoms with Gasteiger partial charge in [-0.3, -0.25) is 4.68 Å². The molecule has 2 aliphatic rings. The van der Waals surface area contributed by atoms with Gasteiger partial charge in [0.25, 0.3) is 0 Å². The minimum Gasteiger partial charge on any atom is -0.312 e. The zero-order chi connectivity index (χ0) is 11.0. The highest BCUT2D eigenvalue weighted by atomic mass is 15.2. The van der Waals surface area contributed by atoms with Crippen LogP contribution in [0.15, 0.2) is 12.4 Å². The first-order valence-electron chi connectivity index (χ1n) is 6.49. The molecular weight excluding hydrogens is 198 g/mol. The zero-order valence-corrected chi connectivity index (χ0v) is 10.0. The van der Waals surface area contributed by atoms with Crippen molar-refractivity contribution in [3.05, 3.63) is 18.0 Å². The first-order valence-corrected chi connectivity index (χ1v) is 6.49. The predicted molar refractivity (Wildman–Crippen MR) is 63.9 cm³/mol. The third kappa shape index (κ3) is 2.01. The normalized spacial score (nSPS) is 32.4. The average molecular weight is 219 g/mol. The van der Waals surface area contributed by atoms with E-state index >= 15 is 0 Å². The van der Waals surface area contributed by atoms with Gasteiger partial charge >= 0.3 is 0 Å². The van der Waals surface area contributed by atoms with Crippen molar-refractivity contribution in [2.45, 2.75) is 32.2 Å². The summed E-state index contributed by atoms with van der Waals surface area (Å²) in [6.07, 6.45) is 10.0. The Morgan fingerprint density at radius 3 is 3.00 bits per heavy atom. The van der Waals surface area contributed by atoms with Crippen LogP contribution < -0.4 is 5.32 Å². The van der Waals surface area contributed by atoms with E-state index < -0.39 is 0 Å². The van der Waals surface area contributed by atoms with Crippen LogP contribution in [-0.4, -0.2) is 16.3 Å². The summed E-state index contributed by atoms with van der Waals surface area (Å²) in [6, 6.07) is 0. The summed E-state index contributed by atoms with van der Waals surface area (Å²) in [5, 5.41) is 7.77. The van der Waals surface area contributed by atoms with Crippen LogP contribution in [0.3, 0.4) is 0 Å². The first-order chi connectivity index (χ1) is 7.81. The second-order valence-electron chi connectivity index (χ2n) is 5.59. The SMILES string of the molecule is Cn1cc(CNCC2CC3CCC2C3)cn1. The highest BCUT2D eigenvalue weighted by Crippen LogP contribution is 2.47. The van der Waals surface area contributed by atoms with E-state index in [0.29, 0.717) is 0 Å². The molecule has 1 N–H and O–H groups in total. The summed E-state index contributed by atoms with van der Waals surface area (Å²) >= 11 is 0. The predicted octanol–water partition coefficient (Wildman–Crippen LogP) is 1.95. The third-order valence-corrected chi connectivity index (χ3v) is 4.38. The van der Waals surface area contributed by atoms with Gasteiger partial charge in [0.2, 0.25) is 0 Å². The second-order valence-corrected chi connectivity index (χ2v) is 5.59. The molecule has 1 heterocycles. The Kier molecular flexibility index (Phi) is 2.72. The summed E-state index contributed by atoms with van der Waals surface area (Å²) in [4.78, 5) is 0. The van der Waals surface area contributed by atoms with Crippen molar-refractivity contribution in [3.8, 4) is 0 Å². The van der Waals surface area contributed by atoms with Crippen LogP contribution in [0, 0.1) is 17.8 Å². The molecule has 3 unspecified atom stereocenters. The molecule has 0 aliphatic heterocycles. The van der Waals surface area contributed by atoms with Gasteiger partial charge in [-0.2, -0.15) is 5.10 Å². The molecule has 3 atom stereocenters. The molecule has 0 spiro atoms. The molecule has 0 aromatic carbocycles. The van der Waals surface area contributed by atoms with Gasteiger partial charge in [-0.1, -0.05) is 6.42 Å². The summed E-state index contributed by atoms with van der Waals surface area (Å²) in [6.45, 7) is 2.18. The van der Waals surface area contributed by atoms with Gasteiger partial charge in [-0.05, 0) is 43.6 Å². The van der Waals surface area contributed by atoms with Crippen LogP contribution in [0.1, 0.15) is 31.2 Å². The number of nitrogens with zero attached hydrogens (tertiary/aromatic N) is 2. The van der Waals surface area contributed by atoms with Gasteiger partial charge in [-0.25, -0.2) is 0 Å². The minimum absolute atomic E-state index is 0.954. The van der Waals surface area contributed by atoms with E-state index in [9.17, 15) is 0 Å².